The van der Waals surface area contributed by atoms with Crippen molar-refractivity contribution in [2.24, 2.45) is 0 Å². The van der Waals surface area contributed by atoms with Gasteiger partial charge in [0.25, 0.3) is 0 Å². The highest BCUT2D eigenvalue weighted by atomic mass is 32.2. The highest BCUT2D eigenvalue weighted by molar-refractivity contribution is 8.02. The quantitative estimate of drug-likeness (QED) is 0.533. The Morgan fingerprint density at radius 1 is 1.25 bits per heavy atom. The Hall–Kier alpha value is -2.65. The molecule has 0 fully saturated rings. The third-order valence-corrected chi connectivity index (χ3v) is 5.78. The van der Waals surface area contributed by atoms with E-state index in [0.717, 1.165) is 11.3 Å². The lowest BCUT2D eigenvalue weighted by molar-refractivity contribution is -0.120. The molecule has 6 nitrogen and oxygen atoms in total. The van der Waals surface area contributed by atoms with Crippen molar-refractivity contribution >= 4 is 39.8 Å². The number of anilines is 2. The van der Waals surface area contributed by atoms with Crippen molar-refractivity contribution < 1.29 is 13.9 Å². The average Bonchev–Trinajstić information content (AvgIpc) is 3.13. The van der Waals surface area contributed by atoms with E-state index in [1.807, 2.05) is 31.2 Å². The second-order valence-corrected chi connectivity index (χ2v) is 8.40. The number of amides is 1. The predicted octanol–water partition coefficient (Wildman–Crippen LogP) is 4.23. The Morgan fingerprint density at radius 2 is 2.04 bits per heavy atom. The van der Waals surface area contributed by atoms with Crippen molar-refractivity contribution in [1.29, 1.82) is 0 Å². The van der Waals surface area contributed by atoms with Crippen molar-refractivity contribution in [3.8, 4) is 5.75 Å². The fourth-order valence-electron chi connectivity index (χ4n) is 2.28. The predicted molar refractivity (Wildman–Crippen MR) is 110 cm³/mol. The monoisotopic (exact) mass is 418 g/mol. The normalized spacial score (nSPS) is 11.7. The smallest absolute Gasteiger partial charge is 0.233 e. The number of thioether (sulfide) groups is 1. The summed E-state index contributed by atoms with van der Waals surface area (Å²) in [6, 6.07) is 13.6. The summed E-state index contributed by atoms with van der Waals surface area (Å²) >= 11 is 2.64. The molecule has 9 heteroatoms. The highest BCUT2D eigenvalue weighted by Gasteiger charge is 2.17. The largest absolute Gasteiger partial charge is 0.497 e. The van der Waals surface area contributed by atoms with Crippen molar-refractivity contribution in [3.05, 3.63) is 59.9 Å². The summed E-state index contributed by atoms with van der Waals surface area (Å²) in [6.07, 6.45) is 0. The van der Waals surface area contributed by atoms with E-state index in [4.69, 9.17) is 4.74 Å². The molecular formula is C19H19FN4O2S2. The van der Waals surface area contributed by atoms with Crippen molar-refractivity contribution in [2.75, 3.05) is 12.4 Å². The van der Waals surface area contributed by atoms with Crippen LogP contribution in [0.3, 0.4) is 0 Å². The number of halogens is 1. The Morgan fingerprint density at radius 3 is 2.75 bits per heavy atom. The van der Waals surface area contributed by atoms with Crippen LogP contribution >= 0.6 is 23.1 Å². The molecule has 0 unspecified atom stereocenters. The third kappa shape index (κ3) is 5.67. The first-order chi connectivity index (χ1) is 13.5. The van der Waals surface area contributed by atoms with Crippen molar-refractivity contribution in [2.45, 2.75) is 23.1 Å². The van der Waals surface area contributed by atoms with E-state index in [1.54, 1.807) is 19.2 Å². The van der Waals surface area contributed by atoms with E-state index in [0.29, 0.717) is 21.7 Å². The molecule has 0 aliphatic heterocycles. The summed E-state index contributed by atoms with van der Waals surface area (Å²) in [5.41, 5.74) is 1.59. The summed E-state index contributed by atoms with van der Waals surface area (Å²) < 4.78 is 19.0. The number of aromatic nitrogens is 2. The van der Waals surface area contributed by atoms with Gasteiger partial charge in [-0.25, -0.2) is 4.39 Å². The number of nitrogens with zero attached hydrogens (tertiary/aromatic N) is 2. The van der Waals surface area contributed by atoms with Gasteiger partial charge in [-0.3, -0.25) is 4.79 Å². The maximum Gasteiger partial charge on any atom is 0.233 e. The van der Waals surface area contributed by atoms with Crippen molar-refractivity contribution in [1.82, 2.24) is 15.5 Å². The van der Waals surface area contributed by atoms with Gasteiger partial charge >= 0.3 is 0 Å². The molecule has 3 aromatic rings. The minimum atomic E-state index is -0.328. The van der Waals surface area contributed by atoms with E-state index in [2.05, 4.69) is 20.8 Å². The van der Waals surface area contributed by atoms with Gasteiger partial charge in [-0.2, -0.15) is 0 Å². The molecule has 28 heavy (non-hydrogen) atoms. The lowest BCUT2D eigenvalue weighted by atomic mass is 10.2. The van der Waals surface area contributed by atoms with Gasteiger partial charge in [0.1, 0.15) is 11.6 Å². The van der Waals surface area contributed by atoms with Gasteiger partial charge in [0.05, 0.1) is 12.4 Å². The van der Waals surface area contributed by atoms with Crippen LogP contribution in [0.1, 0.15) is 12.5 Å². The second-order valence-electron chi connectivity index (χ2n) is 5.83. The van der Waals surface area contributed by atoms with E-state index in [-0.39, 0.29) is 17.0 Å². The Labute approximate surface area is 170 Å². The van der Waals surface area contributed by atoms with Crippen LogP contribution in [0.15, 0.2) is 52.9 Å². The highest BCUT2D eigenvalue weighted by Crippen LogP contribution is 2.30. The van der Waals surface area contributed by atoms with Gasteiger partial charge in [-0.1, -0.05) is 41.3 Å². The number of methoxy groups -OCH3 is 1. The standard InChI is InChI=1S/C19H19FN4O2S2/c1-12(17(25)21-11-13-6-8-16(26-2)9-7-13)27-19-24-23-18(28-19)22-15-5-3-4-14(20)10-15/h3-10,12H,11H2,1-2H3,(H,21,25)(H,22,23)/t12-/m0/s1. The summed E-state index contributed by atoms with van der Waals surface area (Å²) in [4.78, 5) is 12.3. The molecule has 0 saturated heterocycles. The zero-order valence-electron chi connectivity index (χ0n) is 15.3. The van der Waals surface area contributed by atoms with Gasteiger partial charge in [-0.15, -0.1) is 10.2 Å². The molecule has 1 amide bonds. The molecular weight excluding hydrogens is 399 g/mol. The zero-order valence-corrected chi connectivity index (χ0v) is 16.9. The maximum absolute atomic E-state index is 13.2. The first kappa shape index (κ1) is 20.1. The summed E-state index contributed by atoms with van der Waals surface area (Å²) in [5, 5.41) is 14.2. The molecule has 146 valence electrons. The molecule has 0 radical (unpaired) electrons. The number of benzene rings is 2. The van der Waals surface area contributed by atoms with E-state index < -0.39 is 0 Å². The van der Waals surface area contributed by atoms with Crippen LogP contribution in [-0.2, 0) is 11.3 Å². The number of hydrogen-bond acceptors (Lipinski definition) is 7. The first-order valence-electron chi connectivity index (χ1n) is 8.47. The lowest BCUT2D eigenvalue weighted by Crippen LogP contribution is -2.30. The minimum Gasteiger partial charge on any atom is -0.497 e. The van der Waals surface area contributed by atoms with Gasteiger partial charge in [-0.05, 0) is 42.8 Å². The molecule has 2 aromatic carbocycles. The fourth-order valence-corrected chi connectivity index (χ4v) is 4.22. The van der Waals surface area contributed by atoms with Crippen LogP contribution in [-0.4, -0.2) is 28.5 Å². The van der Waals surface area contributed by atoms with Crippen LogP contribution in [0.2, 0.25) is 0 Å². The minimum absolute atomic E-state index is 0.0874. The Bertz CT molecular complexity index is 934. The molecule has 1 atom stereocenters. The number of nitrogens with one attached hydrogen (secondary N) is 2. The van der Waals surface area contributed by atoms with Crippen molar-refractivity contribution in [3.63, 3.8) is 0 Å². The molecule has 2 N–H and O–H groups in total. The zero-order chi connectivity index (χ0) is 19.9. The SMILES string of the molecule is COc1ccc(CNC(=O)[C@H](C)Sc2nnc(Nc3cccc(F)c3)s2)cc1. The number of ether oxygens (including phenoxy) is 1. The van der Waals surface area contributed by atoms with Gasteiger partial charge in [0.2, 0.25) is 11.0 Å². The summed E-state index contributed by atoms with van der Waals surface area (Å²) in [6.45, 7) is 2.26. The first-order valence-corrected chi connectivity index (χ1v) is 10.2. The fraction of sp³-hybridized carbons (Fsp3) is 0.211. The average molecular weight is 419 g/mol. The molecule has 0 aliphatic carbocycles. The van der Waals surface area contributed by atoms with Gasteiger partial charge in [0.15, 0.2) is 4.34 Å². The number of carbonyl (C=O) groups is 1. The summed E-state index contributed by atoms with van der Waals surface area (Å²) in [5.74, 6) is 0.361. The lowest BCUT2D eigenvalue weighted by Gasteiger charge is -2.10. The Balaban J connectivity index is 1.50. The molecule has 3 rings (SSSR count). The number of rotatable bonds is 8. The maximum atomic E-state index is 13.2. The Kier molecular flexibility index (Phi) is 6.83. The van der Waals surface area contributed by atoms with Crippen LogP contribution in [0.25, 0.3) is 0 Å². The van der Waals surface area contributed by atoms with Crippen LogP contribution < -0.4 is 15.4 Å². The third-order valence-electron chi connectivity index (χ3n) is 3.75. The molecule has 0 aliphatic rings. The summed E-state index contributed by atoms with van der Waals surface area (Å²) in [7, 11) is 1.61. The molecule has 0 saturated carbocycles. The molecule has 0 spiro atoms. The van der Waals surface area contributed by atoms with E-state index in [9.17, 15) is 9.18 Å². The van der Waals surface area contributed by atoms with Gasteiger partial charge < -0.3 is 15.4 Å². The second kappa shape index (κ2) is 9.52. The van der Waals surface area contributed by atoms with Crippen LogP contribution in [0.4, 0.5) is 15.2 Å². The van der Waals surface area contributed by atoms with E-state index >= 15 is 0 Å². The van der Waals surface area contributed by atoms with Crippen LogP contribution in [0, 0.1) is 5.82 Å². The molecule has 1 heterocycles. The molecule has 0 bridgehead atoms. The topological polar surface area (TPSA) is 76.1 Å². The van der Waals surface area contributed by atoms with Gasteiger partial charge in [0, 0.05) is 12.2 Å². The van der Waals surface area contributed by atoms with E-state index in [1.165, 1.54) is 35.2 Å². The number of carbonyl (C=O) groups excluding carboxylic acids is 1. The molecule has 1 aromatic heterocycles. The van der Waals surface area contributed by atoms with Crippen LogP contribution in [0.5, 0.6) is 5.75 Å². The number of hydrogen-bond donors (Lipinski definition) is 2.